The number of hydrogen-bond acceptors (Lipinski definition) is 6. The van der Waals surface area contributed by atoms with Crippen molar-refractivity contribution in [3.63, 3.8) is 0 Å². The Morgan fingerprint density at radius 1 is 1.55 bits per heavy atom. The van der Waals surface area contributed by atoms with Gasteiger partial charge in [0.05, 0.1) is 25.9 Å². The molecule has 2 heterocycles. The van der Waals surface area contributed by atoms with Crippen LogP contribution in [0.15, 0.2) is 22.2 Å². The van der Waals surface area contributed by atoms with Crippen LogP contribution in [0.4, 0.5) is 5.95 Å². The first kappa shape index (κ1) is 16.0. The number of aryl methyl sites for hydroxylation is 1. The first-order valence-electron chi connectivity index (χ1n) is 6.73. The van der Waals surface area contributed by atoms with Crippen LogP contribution in [-0.2, 0) is 18.3 Å². The quantitative estimate of drug-likeness (QED) is 0.448. The Morgan fingerprint density at radius 3 is 2.91 bits per heavy atom. The Labute approximate surface area is 125 Å². The Morgan fingerprint density at radius 2 is 2.27 bits per heavy atom. The highest BCUT2D eigenvalue weighted by Crippen LogP contribution is 2.15. The van der Waals surface area contributed by atoms with Crippen molar-refractivity contribution in [2.45, 2.75) is 12.6 Å². The number of aliphatic hydroxyl groups is 1. The molecule has 2 rings (SSSR count). The zero-order chi connectivity index (χ0) is 16.3. The summed E-state index contributed by atoms with van der Waals surface area (Å²) in [4.78, 5) is 30.1. The standard InChI is InChI=1S/C13H19N5O4/c1-4-5-22-7-8(19)6-18-9-10(15-12(18)14-2)17(3)13(21)16-11(9)20/h4,8,19H,1,5-7H2,2-3H3,(H,14,15)(H,16,20,21)/t8-/m1/s1. The van der Waals surface area contributed by atoms with Gasteiger partial charge in [0, 0.05) is 14.1 Å². The Hall–Kier alpha value is -2.39. The average Bonchev–Trinajstić information content (AvgIpc) is 2.84. The van der Waals surface area contributed by atoms with Crippen molar-refractivity contribution in [3.05, 3.63) is 33.5 Å². The fraction of sp³-hybridized carbons (Fsp3) is 0.462. The molecule has 0 aromatic carbocycles. The maximum Gasteiger partial charge on any atom is 0.329 e. The number of nitrogens with zero attached hydrogens (tertiary/aromatic N) is 3. The molecule has 2 aromatic heterocycles. The first-order valence-corrected chi connectivity index (χ1v) is 6.73. The van der Waals surface area contributed by atoms with Crippen molar-refractivity contribution in [2.24, 2.45) is 7.05 Å². The van der Waals surface area contributed by atoms with Gasteiger partial charge in [0.15, 0.2) is 11.2 Å². The van der Waals surface area contributed by atoms with Gasteiger partial charge in [-0.1, -0.05) is 6.08 Å². The molecular weight excluding hydrogens is 290 g/mol. The van der Waals surface area contributed by atoms with Gasteiger partial charge in [-0.2, -0.15) is 4.98 Å². The van der Waals surface area contributed by atoms with E-state index >= 15 is 0 Å². The second-order valence-corrected chi connectivity index (χ2v) is 4.77. The highest BCUT2D eigenvalue weighted by atomic mass is 16.5. The summed E-state index contributed by atoms with van der Waals surface area (Å²) in [6.07, 6.45) is 0.750. The zero-order valence-electron chi connectivity index (χ0n) is 12.5. The van der Waals surface area contributed by atoms with Crippen LogP contribution in [0.1, 0.15) is 0 Å². The van der Waals surface area contributed by atoms with E-state index in [4.69, 9.17) is 4.74 Å². The molecule has 0 aliphatic carbocycles. The van der Waals surface area contributed by atoms with Gasteiger partial charge in [0.1, 0.15) is 0 Å². The molecule has 9 nitrogen and oxygen atoms in total. The van der Waals surface area contributed by atoms with E-state index in [1.54, 1.807) is 13.1 Å². The lowest BCUT2D eigenvalue weighted by Crippen LogP contribution is -2.30. The van der Waals surface area contributed by atoms with Crippen molar-refractivity contribution in [1.82, 2.24) is 19.1 Å². The number of aliphatic hydroxyl groups excluding tert-OH is 1. The number of hydrogen-bond donors (Lipinski definition) is 3. The van der Waals surface area contributed by atoms with Gasteiger partial charge in [0.25, 0.3) is 5.56 Å². The van der Waals surface area contributed by atoms with E-state index in [2.05, 4.69) is 21.9 Å². The molecule has 0 fully saturated rings. The topological polar surface area (TPSA) is 114 Å². The predicted molar refractivity (Wildman–Crippen MR) is 82.2 cm³/mol. The monoisotopic (exact) mass is 309 g/mol. The highest BCUT2D eigenvalue weighted by Gasteiger charge is 2.18. The van der Waals surface area contributed by atoms with Crippen LogP contribution in [0.5, 0.6) is 0 Å². The molecule has 2 aromatic rings. The number of H-pyrrole nitrogens is 1. The summed E-state index contributed by atoms with van der Waals surface area (Å²) < 4.78 is 7.96. The second-order valence-electron chi connectivity index (χ2n) is 4.77. The molecule has 0 spiro atoms. The minimum atomic E-state index is -0.832. The molecular formula is C13H19N5O4. The van der Waals surface area contributed by atoms with Crippen molar-refractivity contribution >= 4 is 17.1 Å². The number of aromatic amines is 1. The lowest BCUT2D eigenvalue weighted by atomic mass is 10.3. The summed E-state index contributed by atoms with van der Waals surface area (Å²) in [7, 11) is 3.16. The maximum atomic E-state index is 12.1. The number of nitrogens with one attached hydrogen (secondary N) is 2. The third kappa shape index (κ3) is 2.95. The number of imidazole rings is 1. The highest BCUT2D eigenvalue weighted by molar-refractivity contribution is 5.74. The lowest BCUT2D eigenvalue weighted by Gasteiger charge is -2.13. The second kappa shape index (κ2) is 6.58. The first-order chi connectivity index (χ1) is 10.5. The van der Waals surface area contributed by atoms with Crippen LogP contribution < -0.4 is 16.6 Å². The van der Waals surface area contributed by atoms with Gasteiger partial charge in [-0.15, -0.1) is 6.58 Å². The van der Waals surface area contributed by atoms with Gasteiger partial charge in [0.2, 0.25) is 5.95 Å². The van der Waals surface area contributed by atoms with E-state index in [1.807, 2.05) is 0 Å². The van der Waals surface area contributed by atoms with Gasteiger partial charge < -0.3 is 19.7 Å². The van der Waals surface area contributed by atoms with E-state index < -0.39 is 17.4 Å². The molecule has 120 valence electrons. The minimum Gasteiger partial charge on any atom is -0.389 e. The van der Waals surface area contributed by atoms with E-state index in [-0.39, 0.29) is 24.3 Å². The van der Waals surface area contributed by atoms with Crippen LogP contribution in [0.2, 0.25) is 0 Å². The Balaban J connectivity index is 2.44. The molecule has 3 N–H and O–H groups in total. The molecule has 1 atom stereocenters. The third-order valence-electron chi connectivity index (χ3n) is 3.17. The molecule has 9 heteroatoms. The van der Waals surface area contributed by atoms with Crippen LogP contribution >= 0.6 is 0 Å². The predicted octanol–water partition coefficient (Wildman–Crippen LogP) is -0.971. The zero-order valence-corrected chi connectivity index (χ0v) is 12.5. The van der Waals surface area contributed by atoms with E-state index in [0.29, 0.717) is 12.6 Å². The fourth-order valence-electron chi connectivity index (χ4n) is 2.15. The summed E-state index contributed by atoms with van der Waals surface area (Å²) >= 11 is 0. The number of rotatable bonds is 7. The minimum absolute atomic E-state index is 0.0958. The van der Waals surface area contributed by atoms with Crippen molar-refractivity contribution in [2.75, 3.05) is 25.6 Å². The van der Waals surface area contributed by atoms with Crippen LogP contribution in [-0.4, -0.2) is 50.6 Å². The van der Waals surface area contributed by atoms with Crippen molar-refractivity contribution in [1.29, 1.82) is 0 Å². The molecule has 0 radical (unpaired) electrons. The van der Waals surface area contributed by atoms with Crippen LogP contribution in [0.3, 0.4) is 0 Å². The number of anilines is 1. The van der Waals surface area contributed by atoms with Gasteiger partial charge in [-0.25, -0.2) is 4.79 Å². The Kier molecular flexibility index (Phi) is 4.78. The summed E-state index contributed by atoms with van der Waals surface area (Å²) in [5.74, 6) is 0.379. The molecule has 0 unspecified atom stereocenters. The van der Waals surface area contributed by atoms with E-state index in [9.17, 15) is 14.7 Å². The summed E-state index contributed by atoms with van der Waals surface area (Å²) in [6, 6.07) is 0. The number of fused-ring (bicyclic) bond motifs is 1. The van der Waals surface area contributed by atoms with Crippen LogP contribution in [0, 0.1) is 0 Å². The SMILES string of the molecule is C=CCOC[C@H](O)Cn1c(NC)nc2c1c(=O)[nH]c(=O)n2C. The lowest BCUT2D eigenvalue weighted by molar-refractivity contribution is 0.0405. The summed E-state index contributed by atoms with van der Waals surface area (Å²) in [5, 5.41) is 12.9. The van der Waals surface area contributed by atoms with Crippen molar-refractivity contribution in [3.8, 4) is 0 Å². The van der Waals surface area contributed by atoms with E-state index in [0.717, 1.165) is 0 Å². The normalized spacial score (nSPS) is 12.5. The Bertz CT molecular complexity index is 788. The molecule has 0 saturated carbocycles. The molecule has 0 saturated heterocycles. The summed E-state index contributed by atoms with van der Waals surface area (Å²) in [6.45, 7) is 4.05. The largest absolute Gasteiger partial charge is 0.389 e. The number of ether oxygens (including phenoxy) is 1. The molecule has 0 bridgehead atoms. The smallest absolute Gasteiger partial charge is 0.329 e. The molecule has 22 heavy (non-hydrogen) atoms. The van der Waals surface area contributed by atoms with Gasteiger partial charge in [-0.05, 0) is 0 Å². The maximum absolute atomic E-state index is 12.1. The molecule has 0 aliphatic heterocycles. The molecule has 0 amide bonds. The summed E-state index contributed by atoms with van der Waals surface area (Å²) in [5.41, 5.74) is -0.627. The van der Waals surface area contributed by atoms with Crippen LogP contribution in [0.25, 0.3) is 11.2 Å². The average molecular weight is 309 g/mol. The molecule has 0 aliphatic rings. The van der Waals surface area contributed by atoms with Crippen molar-refractivity contribution < 1.29 is 9.84 Å². The van der Waals surface area contributed by atoms with E-state index in [1.165, 1.54) is 16.2 Å². The third-order valence-corrected chi connectivity index (χ3v) is 3.17. The van der Waals surface area contributed by atoms with Gasteiger partial charge in [-0.3, -0.25) is 14.3 Å². The number of aromatic nitrogens is 4. The fourth-order valence-corrected chi connectivity index (χ4v) is 2.15. The van der Waals surface area contributed by atoms with Gasteiger partial charge >= 0.3 is 5.69 Å².